The summed E-state index contributed by atoms with van der Waals surface area (Å²) >= 11 is 0. The molecule has 2 aromatic rings. The van der Waals surface area contributed by atoms with E-state index in [-0.39, 0.29) is 18.9 Å². The summed E-state index contributed by atoms with van der Waals surface area (Å²) in [6.45, 7) is 0.409. The highest BCUT2D eigenvalue weighted by atomic mass is 19.1. The maximum absolute atomic E-state index is 13.4. The molecular formula is C22H25F2NO5. The normalized spacial score (nSPS) is 22.3. The third-order valence-electron chi connectivity index (χ3n) is 5.67. The average Bonchev–Trinajstić information content (AvgIpc) is 2.73. The third-order valence-corrected chi connectivity index (χ3v) is 5.67. The number of aliphatic hydroxyl groups is 2. The molecule has 0 aliphatic carbocycles. The van der Waals surface area contributed by atoms with Gasteiger partial charge in [0, 0.05) is 19.2 Å². The number of rotatable bonds is 6. The van der Waals surface area contributed by atoms with E-state index in [4.69, 9.17) is 9.47 Å². The number of aryl methyl sites for hydroxylation is 2. The van der Waals surface area contributed by atoms with Crippen LogP contribution in [0.15, 0.2) is 30.3 Å². The van der Waals surface area contributed by atoms with Gasteiger partial charge in [0.05, 0.1) is 0 Å². The topological polar surface area (TPSA) is 91.2 Å². The van der Waals surface area contributed by atoms with E-state index in [1.54, 1.807) is 6.07 Å². The molecule has 2 aliphatic rings. The first-order chi connectivity index (χ1) is 14.4. The van der Waals surface area contributed by atoms with E-state index >= 15 is 0 Å². The predicted octanol–water partition coefficient (Wildman–Crippen LogP) is 2.07. The number of ether oxygens (including phenoxy) is 2. The molecule has 2 aliphatic heterocycles. The van der Waals surface area contributed by atoms with Crippen LogP contribution in [0.4, 0.5) is 8.78 Å². The maximum atomic E-state index is 13.4. The van der Waals surface area contributed by atoms with Gasteiger partial charge in [0.15, 0.2) is 11.6 Å². The van der Waals surface area contributed by atoms with Gasteiger partial charge in [0.2, 0.25) is 0 Å². The van der Waals surface area contributed by atoms with Gasteiger partial charge in [0.1, 0.15) is 41.7 Å². The monoisotopic (exact) mass is 421 g/mol. The van der Waals surface area contributed by atoms with Gasteiger partial charge in [0.25, 0.3) is 0 Å². The zero-order chi connectivity index (χ0) is 21.3. The lowest BCUT2D eigenvalue weighted by Gasteiger charge is -2.31. The van der Waals surface area contributed by atoms with Crippen LogP contribution in [0.3, 0.4) is 0 Å². The summed E-state index contributed by atoms with van der Waals surface area (Å²) in [7, 11) is 0. The van der Waals surface area contributed by atoms with Crippen LogP contribution in [0.5, 0.6) is 17.2 Å². The number of hydrogen-bond donors (Lipinski definition) is 4. The van der Waals surface area contributed by atoms with Crippen molar-refractivity contribution in [2.24, 2.45) is 0 Å². The first kappa shape index (κ1) is 20.8. The molecule has 6 nitrogen and oxygen atoms in total. The van der Waals surface area contributed by atoms with Gasteiger partial charge < -0.3 is 30.1 Å². The number of nitrogens with one attached hydrogen (secondary N) is 1. The fourth-order valence-electron chi connectivity index (χ4n) is 3.97. The molecule has 2 heterocycles. The van der Waals surface area contributed by atoms with Gasteiger partial charge in [-0.25, -0.2) is 8.78 Å². The van der Waals surface area contributed by atoms with E-state index in [2.05, 4.69) is 5.32 Å². The second-order valence-electron chi connectivity index (χ2n) is 7.85. The molecule has 4 atom stereocenters. The van der Waals surface area contributed by atoms with Gasteiger partial charge in [-0.2, -0.15) is 0 Å². The van der Waals surface area contributed by atoms with Crippen LogP contribution in [-0.2, 0) is 12.8 Å². The third kappa shape index (κ3) is 4.50. The molecule has 2 aromatic carbocycles. The molecule has 0 saturated carbocycles. The predicted molar refractivity (Wildman–Crippen MR) is 105 cm³/mol. The van der Waals surface area contributed by atoms with Gasteiger partial charge in [-0.05, 0) is 61.1 Å². The molecule has 4 unspecified atom stereocenters. The van der Waals surface area contributed by atoms with Crippen molar-refractivity contribution in [3.63, 3.8) is 0 Å². The van der Waals surface area contributed by atoms with Crippen LogP contribution in [0.25, 0.3) is 0 Å². The van der Waals surface area contributed by atoms with Crippen molar-refractivity contribution in [3.05, 3.63) is 53.1 Å². The van der Waals surface area contributed by atoms with Crippen molar-refractivity contribution < 1.29 is 33.6 Å². The summed E-state index contributed by atoms with van der Waals surface area (Å²) in [6.07, 6.45) is -0.293. The van der Waals surface area contributed by atoms with Gasteiger partial charge in [-0.3, -0.25) is 0 Å². The zero-order valence-electron chi connectivity index (χ0n) is 16.4. The molecule has 0 radical (unpaired) electrons. The van der Waals surface area contributed by atoms with Crippen LogP contribution >= 0.6 is 0 Å². The molecule has 0 amide bonds. The van der Waals surface area contributed by atoms with Crippen LogP contribution in [-0.4, -0.2) is 52.8 Å². The van der Waals surface area contributed by atoms with Crippen molar-refractivity contribution in [2.45, 2.75) is 50.1 Å². The van der Waals surface area contributed by atoms with E-state index < -0.39 is 36.0 Å². The largest absolute Gasteiger partial charge is 0.505 e. The summed E-state index contributed by atoms with van der Waals surface area (Å²) in [5.41, 5.74) is 1.45. The van der Waals surface area contributed by atoms with E-state index in [1.807, 2.05) is 0 Å². The average molecular weight is 421 g/mol. The quantitative estimate of drug-likeness (QED) is 0.571. The fraction of sp³-hybridized carbons (Fsp3) is 0.455. The summed E-state index contributed by atoms with van der Waals surface area (Å²) in [5, 5.41) is 33.4. The Balaban J connectivity index is 1.25. The second-order valence-corrected chi connectivity index (χ2v) is 7.85. The minimum Gasteiger partial charge on any atom is -0.505 e. The maximum Gasteiger partial charge on any atom is 0.165 e. The molecule has 0 spiro atoms. The molecule has 4 N–H and O–H groups in total. The number of phenols is 1. The Kier molecular flexibility index (Phi) is 6.08. The minimum atomic E-state index is -0.839. The summed E-state index contributed by atoms with van der Waals surface area (Å²) in [5.74, 6) is -0.526. The lowest BCUT2D eigenvalue weighted by Crippen LogP contribution is -2.46. The van der Waals surface area contributed by atoms with E-state index in [0.717, 1.165) is 5.56 Å². The molecule has 4 rings (SSSR count). The molecule has 162 valence electrons. The zero-order valence-corrected chi connectivity index (χ0v) is 16.4. The smallest absolute Gasteiger partial charge is 0.165 e. The van der Waals surface area contributed by atoms with Gasteiger partial charge in [-0.1, -0.05) is 0 Å². The first-order valence-electron chi connectivity index (χ1n) is 10.1. The van der Waals surface area contributed by atoms with Crippen molar-refractivity contribution in [2.75, 3.05) is 13.1 Å². The number of aliphatic hydroxyl groups excluding tert-OH is 2. The lowest BCUT2D eigenvalue weighted by atomic mass is 9.98. The number of phenolic OH excluding ortho intramolecular Hbond substituents is 1. The van der Waals surface area contributed by atoms with Crippen LogP contribution in [0.2, 0.25) is 0 Å². The summed E-state index contributed by atoms with van der Waals surface area (Å²) in [4.78, 5) is 0. The van der Waals surface area contributed by atoms with Crippen LogP contribution < -0.4 is 14.8 Å². The van der Waals surface area contributed by atoms with Crippen molar-refractivity contribution in [1.82, 2.24) is 5.32 Å². The summed E-state index contributed by atoms with van der Waals surface area (Å²) in [6, 6.07) is 6.83. The highest BCUT2D eigenvalue weighted by Crippen LogP contribution is 2.33. The minimum absolute atomic E-state index is 0.193. The molecule has 8 heteroatoms. The number of hydrogen-bond acceptors (Lipinski definition) is 6. The van der Waals surface area contributed by atoms with Crippen LogP contribution in [0, 0.1) is 11.6 Å². The SMILES string of the molecule is Oc1cc2c(cc1F)CCC(C(O)CNCC(O)C1CCc3cc(F)ccc3O1)O2. The number of aromatic hydroxyl groups is 1. The van der Waals surface area contributed by atoms with E-state index in [9.17, 15) is 24.1 Å². The summed E-state index contributed by atoms with van der Waals surface area (Å²) < 4.78 is 38.2. The Bertz CT molecular complexity index is 909. The second kappa shape index (κ2) is 8.75. The first-order valence-corrected chi connectivity index (χ1v) is 10.1. The number of fused-ring (bicyclic) bond motifs is 2. The van der Waals surface area contributed by atoms with E-state index in [1.165, 1.54) is 24.3 Å². The van der Waals surface area contributed by atoms with Gasteiger partial charge >= 0.3 is 0 Å². The number of benzene rings is 2. The molecule has 0 aromatic heterocycles. The highest BCUT2D eigenvalue weighted by Gasteiger charge is 2.29. The van der Waals surface area contributed by atoms with Crippen molar-refractivity contribution in [3.8, 4) is 17.2 Å². The number of halogens is 2. The highest BCUT2D eigenvalue weighted by molar-refractivity contribution is 5.42. The Hall–Kier alpha value is -2.42. The Morgan fingerprint density at radius 3 is 2.17 bits per heavy atom. The van der Waals surface area contributed by atoms with Crippen LogP contribution in [0.1, 0.15) is 24.0 Å². The van der Waals surface area contributed by atoms with Crippen molar-refractivity contribution >= 4 is 0 Å². The Morgan fingerprint density at radius 1 is 0.900 bits per heavy atom. The Labute approximate surface area is 173 Å². The Morgan fingerprint density at radius 2 is 1.50 bits per heavy atom. The molecule has 30 heavy (non-hydrogen) atoms. The van der Waals surface area contributed by atoms with Crippen molar-refractivity contribution in [1.29, 1.82) is 0 Å². The van der Waals surface area contributed by atoms with E-state index in [0.29, 0.717) is 42.7 Å². The molecule has 0 saturated heterocycles. The lowest BCUT2D eigenvalue weighted by molar-refractivity contribution is 0.00885. The molecule has 0 bridgehead atoms. The molecule has 0 fully saturated rings. The van der Waals surface area contributed by atoms with Gasteiger partial charge in [-0.15, -0.1) is 0 Å². The molecular weight excluding hydrogens is 396 g/mol. The standard InChI is InChI=1S/C22H25F2NO5/c23-14-3-6-19-12(7-14)1-4-20(29-19)17(27)10-25-11-18(28)21-5-2-13-8-15(24)16(26)9-22(13)30-21/h3,6-9,17-18,20-21,25-28H,1-2,4-5,10-11H2. The fourth-order valence-corrected chi connectivity index (χ4v) is 3.97.